The second kappa shape index (κ2) is 6.81. The van der Waals surface area contributed by atoms with E-state index in [1.165, 1.54) is 24.3 Å². The molecule has 0 unspecified atom stereocenters. The predicted octanol–water partition coefficient (Wildman–Crippen LogP) is 2.81. The first-order valence-electron chi connectivity index (χ1n) is 6.45. The van der Waals surface area contributed by atoms with E-state index in [-0.39, 0.29) is 18.1 Å². The first-order chi connectivity index (χ1) is 10.1. The van der Waals surface area contributed by atoms with Gasteiger partial charge in [-0.3, -0.25) is 10.1 Å². The van der Waals surface area contributed by atoms with Gasteiger partial charge in [0.05, 0.1) is 4.92 Å². The number of nitrogens with two attached hydrogens (primary N) is 1. The van der Waals surface area contributed by atoms with E-state index in [0.29, 0.717) is 24.3 Å². The monoisotopic (exact) mass is 290 g/mol. The van der Waals surface area contributed by atoms with Gasteiger partial charge in [-0.25, -0.2) is 4.39 Å². The minimum Gasteiger partial charge on any atom is -0.489 e. The van der Waals surface area contributed by atoms with Gasteiger partial charge in [-0.15, -0.1) is 0 Å². The van der Waals surface area contributed by atoms with Crippen molar-refractivity contribution >= 4 is 5.69 Å². The average Bonchev–Trinajstić information content (AvgIpc) is 2.47. The lowest BCUT2D eigenvalue weighted by Crippen LogP contribution is -2.06. The Labute approximate surface area is 121 Å². The number of ether oxygens (including phenoxy) is 1. The van der Waals surface area contributed by atoms with Crippen molar-refractivity contribution in [2.45, 2.75) is 13.0 Å². The summed E-state index contributed by atoms with van der Waals surface area (Å²) in [6.07, 6.45) is 0.521. The van der Waals surface area contributed by atoms with E-state index in [1.54, 1.807) is 18.2 Å². The SMILES string of the molecule is NCCc1cc(F)ccc1OCc1ccc([N+](=O)[O-])cc1. The highest BCUT2D eigenvalue weighted by Gasteiger charge is 2.07. The van der Waals surface area contributed by atoms with Crippen molar-refractivity contribution in [1.82, 2.24) is 0 Å². The molecular weight excluding hydrogens is 275 g/mol. The standard InChI is InChI=1S/C15H15FN2O3/c16-13-3-6-15(12(9-13)7-8-17)21-10-11-1-4-14(5-2-11)18(19)20/h1-6,9H,7-8,10,17H2. The summed E-state index contributed by atoms with van der Waals surface area (Å²) < 4.78 is 18.8. The largest absolute Gasteiger partial charge is 0.489 e. The molecular formula is C15H15FN2O3. The Morgan fingerprint density at radius 2 is 1.90 bits per heavy atom. The quantitative estimate of drug-likeness (QED) is 0.655. The third-order valence-electron chi connectivity index (χ3n) is 2.98. The maximum Gasteiger partial charge on any atom is 0.269 e. The summed E-state index contributed by atoms with van der Waals surface area (Å²) in [6.45, 7) is 0.651. The molecule has 0 saturated heterocycles. The lowest BCUT2D eigenvalue weighted by molar-refractivity contribution is -0.384. The smallest absolute Gasteiger partial charge is 0.269 e. The molecule has 0 heterocycles. The molecule has 5 nitrogen and oxygen atoms in total. The zero-order chi connectivity index (χ0) is 15.2. The highest BCUT2D eigenvalue weighted by molar-refractivity contribution is 5.36. The summed E-state index contributed by atoms with van der Waals surface area (Å²) in [5.74, 6) is 0.237. The van der Waals surface area contributed by atoms with Gasteiger partial charge in [-0.1, -0.05) is 0 Å². The summed E-state index contributed by atoms with van der Waals surface area (Å²) in [6, 6.07) is 10.4. The van der Waals surface area contributed by atoms with Crippen molar-refractivity contribution in [3.8, 4) is 5.75 Å². The Bertz CT molecular complexity index is 629. The van der Waals surface area contributed by atoms with E-state index < -0.39 is 4.92 Å². The molecule has 0 spiro atoms. The van der Waals surface area contributed by atoms with Crippen LogP contribution in [0.1, 0.15) is 11.1 Å². The second-order valence-corrected chi connectivity index (χ2v) is 4.50. The van der Waals surface area contributed by atoms with Crippen LogP contribution in [-0.4, -0.2) is 11.5 Å². The van der Waals surface area contributed by atoms with Crippen molar-refractivity contribution in [2.24, 2.45) is 5.73 Å². The van der Waals surface area contributed by atoms with Crippen LogP contribution in [-0.2, 0) is 13.0 Å². The van der Waals surface area contributed by atoms with Gasteiger partial charge < -0.3 is 10.5 Å². The van der Waals surface area contributed by atoms with Gasteiger partial charge in [-0.2, -0.15) is 0 Å². The van der Waals surface area contributed by atoms with Crippen LogP contribution in [0.5, 0.6) is 5.75 Å². The third-order valence-corrected chi connectivity index (χ3v) is 2.98. The average molecular weight is 290 g/mol. The maximum atomic E-state index is 13.2. The van der Waals surface area contributed by atoms with Crippen molar-refractivity contribution in [3.63, 3.8) is 0 Å². The number of nitro benzene ring substituents is 1. The molecule has 21 heavy (non-hydrogen) atoms. The summed E-state index contributed by atoms with van der Waals surface area (Å²) >= 11 is 0. The predicted molar refractivity (Wildman–Crippen MR) is 76.6 cm³/mol. The second-order valence-electron chi connectivity index (χ2n) is 4.50. The molecule has 6 heteroatoms. The number of rotatable bonds is 6. The fraction of sp³-hybridized carbons (Fsp3) is 0.200. The molecule has 2 rings (SSSR count). The highest BCUT2D eigenvalue weighted by Crippen LogP contribution is 2.22. The van der Waals surface area contributed by atoms with Crippen molar-refractivity contribution in [2.75, 3.05) is 6.54 Å². The van der Waals surface area contributed by atoms with E-state index in [2.05, 4.69) is 0 Å². The first kappa shape index (κ1) is 14.9. The topological polar surface area (TPSA) is 78.4 Å². The van der Waals surface area contributed by atoms with Crippen LogP contribution in [0.25, 0.3) is 0 Å². The van der Waals surface area contributed by atoms with E-state index >= 15 is 0 Å². The van der Waals surface area contributed by atoms with Crippen LogP contribution in [0.3, 0.4) is 0 Å². The molecule has 0 aliphatic carbocycles. The summed E-state index contributed by atoms with van der Waals surface area (Å²) in [5.41, 5.74) is 7.02. The Morgan fingerprint density at radius 1 is 1.19 bits per heavy atom. The molecule has 0 atom stereocenters. The molecule has 2 aromatic rings. The number of nitro groups is 1. The molecule has 0 radical (unpaired) electrons. The Balaban J connectivity index is 2.07. The first-order valence-corrected chi connectivity index (χ1v) is 6.45. The summed E-state index contributed by atoms with van der Waals surface area (Å²) in [7, 11) is 0. The van der Waals surface area contributed by atoms with Gasteiger partial charge in [0.1, 0.15) is 18.2 Å². The minimum atomic E-state index is -0.454. The number of nitrogens with zero attached hydrogens (tertiary/aromatic N) is 1. The highest BCUT2D eigenvalue weighted by atomic mass is 19.1. The van der Waals surface area contributed by atoms with Crippen molar-refractivity contribution < 1.29 is 14.1 Å². The van der Waals surface area contributed by atoms with E-state index in [4.69, 9.17) is 10.5 Å². The lowest BCUT2D eigenvalue weighted by atomic mass is 10.1. The van der Waals surface area contributed by atoms with Gasteiger partial charge in [0, 0.05) is 12.1 Å². The molecule has 0 saturated carbocycles. The van der Waals surface area contributed by atoms with Gasteiger partial charge in [-0.05, 0) is 54.4 Å². The van der Waals surface area contributed by atoms with E-state index in [0.717, 1.165) is 5.56 Å². The number of benzene rings is 2. The van der Waals surface area contributed by atoms with E-state index in [1.807, 2.05) is 0 Å². The molecule has 0 bridgehead atoms. The van der Waals surface area contributed by atoms with Crippen LogP contribution in [0.15, 0.2) is 42.5 Å². The van der Waals surface area contributed by atoms with Crippen LogP contribution in [0.4, 0.5) is 10.1 Å². The van der Waals surface area contributed by atoms with Gasteiger partial charge in [0.15, 0.2) is 0 Å². The molecule has 0 aliphatic rings. The summed E-state index contributed by atoms with van der Waals surface area (Å²) in [5, 5.41) is 10.6. The lowest BCUT2D eigenvalue weighted by Gasteiger charge is -2.11. The van der Waals surface area contributed by atoms with Crippen molar-refractivity contribution in [1.29, 1.82) is 0 Å². The van der Waals surface area contributed by atoms with Crippen LogP contribution in [0, 0.1) is 15.9 Å². The number of hydrogen-bond donors (Lipinski definition) is 1. The number of non-ortho nitro benzene ring substituents is 1. The summed E-state index contributed by atoms with van der Waals surface area (Å²) in [4.78, 5) is 10.1. The number of hydrogen-bond acceptors (Lipinski definition) is 4. The third kappa shape index (κ3) is 4.00. The van der Waals surface area contributed by atoms with Crippen LogP contribution >= 0.6 is 0 Å². The zero-order valence-corrected chi connectivity index (χ0v) is 11.3. The van der Waals surface area contributed by atoms with Gasteiger partial charge in [0.2, 0.25) is 0 Å². The maximum absolute atomic E-state index is 13.2. The van der Waals surface area contributed by atoms with Gasteiger partial charge >= 0.3 is 0 Å². The normalized spacial score (nSPS) is 10.4. The molecule has 110 valence electrons. The molecule has 0 fully saturated rings. The van der Waals surface area contributed by atoms with E-state index in [9.17, 15) is 14.5 Å². The Hall–Kier alpha value is -2.47. The van der Waals surface area contributed by atoms with Crippen LogP contribution < -0.4 is 10.5 Å². The molecule has 0 aromatic heterocycles. The molecule has 2 N–H and O–H groups in total. The Morgan fingerprint density at radius 3 is 2.52 bits per heavy atom. The number of halogens is 1. The molecule has 0 aliphatic heterocycles. The molecule has 0 amide bonds. The zero-order valence-electron chi connectivity index (χ0n) is 11.3. The van der Waals surface area contributed by atoms with Crippen LogP contribution in [0.2, 0.25) is 0 Å². The fourth-order valence-corrected chi connectivity index (χ4v) is 1.91. The molecule has 2 aromatic carbocycles. The van der Waals surface area contributed by atoms with Gasteiger partial charge in [0.25, 0.3) is 5.69 Å². The Kier molecular flexibility index (Phi) is 4.84. The minimum absolute atomic E-state index is 0.0318. The fourth-order valence-electron chi connectivity index (χ4n) is 1.91. The van der Waals surface area contributed by atoms with Crippen molar-refractivity contribution in [3.05, 3.63) is 69.5 Å².